The smallest absolute Gasteiger partial charge is 0.242 e. The van der Waals surface area contributed by atoms with E-state index in [1.165, 1.54) is 6.07 Å². The SMILES string of the molecule is [CH2]CCC(O)(c1cccc(F)c1-c1cccc(CC)c1)C1CCCN(C(=O)C(C)(C)N)C1. The molecule has 2 unspecified atom stereocenters. The highest BCUT2D eigenvalue weighted by Gasteiger charge is 2.43. The van der Waals surface area contributed by atoms with Gasteiger partial charge in [0.05, 0.1) is 11.1 Å². The summed E-state index contributed by atoms with van der Waals surface area (Å²) >= 11 is 0. The van der Waals surface area contributed by atoms with Crippen LogP contribution in [0.15, 0.2) is 42.5 Å². The number of halogens is 1. The quantitative estimate of drug-likeness (QED) is 0.649. The van der Waals surface area contributed by atoms with Crippen LogP contribution in [0.25, 0.3) is 11.1 Å². The van der Waals surface area contributed by atoms with Crippen molar-refractivity contribution < 1.29 is 14.3 Å². The average Bonchev–Trinajstić information content (AvgIpc) is 2.78. The van der Waals surface area contributed by atoms with Gasteiger partial charge in [-0.2, -0.15) is 0 Å². The summed E-state index contributed by atoms with van der Waals surface area (Å²) in [5.41, 5.74) is 6.65. The number of rotatable bonds is 7. The van der Waals surface area contributed by atoms with Gasteiger partial charge in [0.1, 0.15) is 5.82 Å². The largest absolute Gasteiger partial charge is 0.385 e. The van der Waals surface area contributed by atoms with Gasteiger partial charge in [0.15, 0.2) is 0 Å². The lowest BCUT2D eigenvalue weighted by Crippen LogP contribution is -2.56. The van der Waals surface area contributed by atoms with Crippen LogP contribution in [0.3, 0.4) is 0 Å². The molecule has 1 radical (unpaired) electrons. The summed E-state index contributed by atoms with van der Waals surface area (Å²) in [4.78, 5) is 14.6. The average molecular weight is 440 g/mol. The monoisotopic (exact) mass is 439 g/mol. The first kappa shape index (κ1) is 24.4. The number of hydrogen-bond donors (Lipinski definition) is 2. The number of benzene rings is 2. The fourth-order valence-corrected chi connectivity index (χ4v) is 4.91. The van der Waals surface area contributed by atoms with Gasteiger partial charge in [0, 0.05) is 24.6 Å². The van der Waals surface area contributed by atoms with Crippen molar-refractivity contribution in [2.45, 2.75) is 64.0 Å². The van der Waals surface area contributed by atoms with Crippen LogP contribution in [-0.4, -0.2) is 34.5 Å². The van der Waals surface area contributed by atoms with E-state index in [9.17, 15) is 9.90 Å². The first-order valence-corrected chi connectivity index (χ1v) is 11.6. The maximum atomic E-state index is 15.3. The molecule has 2 aromatic carbocycles. The Balaban J connectivity index is 2.08. The Labute approximate surface area is 191 Å². The lowest BCUT2D eigenvalue weighted by molar-refractivity contribution is -0.141. The van der Waals surface area contributed by atoms with Gasteiger partial charge in [-0.05, 0) is 62.3 Å². The number of carbonyl (C=O) groups excluding carboxylic acids is 1. The molecule has 3 rings (SSSR count). The Hall–Kier alpha value is -2.24. The Bertz CT molecular complexity index is 953. The summed E-state index contributed by atoms with van der Waals surface area (Å²) in [6, 6.07) is 12.7. The fraction of sp³-hybridized carbons (Fsp3) is 0.481. The van der Waals surface area contributed by atoms with Crippen molar-refractivity contribution in [3.05, 3.63) is 66.3 Å². The van der Waals surface area contributed by atoms with Gasteiger partial charge in [-0.25, -0.2) is 4.39 Å². The second-order valence-corrected chi connectivity index (χ2v) is 9.56. The molecule has 4 nitrogen and oxygen atoms in total. The number of likely N-dealkylation sites (tertiary alicyclic amines) is 1. The van der Waals surface area contributed by atoms with Crippen molar-refractivity contribution in [2.24, 2.45) is 11.7 Å². The number of aliphatic hydroxyl groups is 1. The topological polar surface area (TPSA) is 66.6 Å². The second kappa shape index (κ2) is 9.72. The molecule has 1 saturated heterocycles. The molecule has 2 aromatic rings. The maximum Gasteiger partial charge on any atom is 0.242 e. The predicted molar refractivity (Wildman–Crippen MR) is 127 cm³/mol. The van der Waals surface area contributed by atoms with Gasteiger partial charge in [-0.15, -0.1) is 0 Å². The molecule has 0 aliphatic carbocycles. The van der Waals surface area contributed by atoms with E-state index >= 15 is 4.39 Å². The molecule has 0 saturated carbocycles. The summed E-state index contributed by atoms with van der Waals surface area (Å²) < 4.78 is 15.3. The third kappa shape index (κ3) is 4.89. The highest BCUT2D eigenvalue weighted by atomic mass is 19.1. The molecule has 2 atom stereocenters. The zero-order valence-corrected chi connectivity index (χ0v) is 19.5. The zero-order chi connectivity index (χ0) is 23.5. The molecule has 1 aliphatic rings. The molecule has 3 N–H and O–H groups in total. The van der Waals surface area contributed by atoms with E-state index in [-0.39, 0.29) is 17.6 Å². The molecule has 0 bridgehead atoms. The number of aryl methyl sites for hydroxylation is 1. The van der Waals surface area contributed by atoms with Crippen LogP contribution in [0.5, 0.6) is 0 Å². The number of carbonyl (C=O) groups is 1. The van der Waals surface area contributed by atoms with Crippen LogP contribution in [0.1, 0.15) is 57.6 Å². The molecule has 32 heavy (non-hydrogen) atoms. The van der Waals surface area contributed by atoms with E-state index in [0.717, 1.165) is 30.4 Å². The summed E-state index contributed by atoms with van der Waals surface area (Å²) in [5.74, 6) is -0.724. The summed E-state index contributed by atoms with van der Waals surface area (Å²) in [5, 5.41) is 12.1. The Kier molecular flexibility index (Phi) is 7.41. The molecule has 1 fully saturated rings. The van der Waals surface area contributed by atoms with E-state index < -0.39 is 11.1 Å². The minimum Gasteiger partial charge on any atom is -0.385 e. The summed E-state index contributed by atoms with van der Waals surface area (Å²) in [6.45, 7) is 10.5. The first-order chi connectivity index (χ1) is 15.1. The van der Waals surface area contributed by atoms with E-state index in [0.29, 0.717) is 37.1 Å². The number of nitrogens with zero attached hydrogens (tertiary/aromatic N) is 1. The van der Waals surface area contributed by atoms with Crippen molar-refractivity contribution in [1.29, 1.82) is 0 Å². The third-order valence-corrected chi connectivity index (χ3v) is 6.60. The molecule has 0 spiro atoms. The standard InChI is InChI=1S/C27H36FN2O2/c1-5-15-27(32,21-12-9-16-30(18-21)25(31)26(3,4)29)22-13-8-14-23(28)24(22)20-11-7-10-19(6-2)17-20/h7-8,10-11,13-14,17,21,32H,1,5-6,9,12,15-16,18,29H2,2-4H3. The molecule has 5 heteroatoms. The third-order valence-electron chi connectivity index (χ3n) is 6.60. The Morgan fingerprint density at radius 2 is 2.00 bits per heavy atom. The second-order valence-electron chi connectivity index (χ2n) is 9.56. The van der Waals surface area contributed by atoms with Crippen molar-refractivity contribution in [2.75, 3.05) is 13.1 Å². The molecular weight excluding hydrogens is 403 g/mol. The van der Waals surface area contributed by atoms with Gasteiger partial charge in [-0.3, -0.25) is 4.79 Å². The summed E-state index contributed by atoms with van der Waals surface area (Å²) in [6.07, 6.45) is 3.23. The van der Waals surface area contributed by atoms with Crippen LogP contribution >= 0.6 is 0 Å². The first-order valence-electron chi connectivity index (χ1n) is 11.6. The number of nitrogens with two attached hydrogens (primary N) is 1. The Morgan fingerprint density at radius 3 is 2.66 bits per heavy atom. The highest BCUT2D eigenvalue weighted by Crippen LogP contribution is 2.44. The van der Waals surface area contributed by atoms with Crippen LogP contribution in [0, 0.1) is 18.7 Å². The van der Waals surface area contributed by atoms with Crippen LogP contribution in [0.2, 0.25) is 0 Å². The molecule has 1 aliphatic heterocycles. The molecule has 1 amide bonds. The van der Waals surface area contributed by atoms with E-state index in [1.54, 1.807) is 24.8 Å². The van der Waals surface area contributed by atoms with Gasteiger partial charge in [0.2, 0.25) is 5.91 Å². The molecule has 173 valence electrons. The normalized spacial score (nSPS) is 19.0. The highest BCUT2D eigenvalue weighted by molar-refractivity contribution is 5.85. The van der Waals surface area contributed by atoms with Gasteiger partial charge in [0.25, 0.3) is 0 Å². The predicted octanol–water partition coefficient (Wildman–Crippen LogP) is 4.83. The number of piperidine rings is 1. The zero-order valence-electron chi connectivity index (χ0n) is 19.5. The maximum absolute atomic E-state index is 15.3. The van der Waals surface area contributed by atoms with E-state index in [4.69, 9.17) is 5.73 Å². The summed E-state index contributed by atoms with van der Waals surface area (Å²) in [7, 11) is 0. The van der Waals surface area contributed by atoms with Crippen molar-refractivity contribution in [3.8, 4) is 11.1 Å². The number of hydrogen-bond acceptors (Lipinski definition) is 3. The van der Waals surface area contributed by atoms with Crippen LogP contribution < -0.4 is 5.73 Å². The van der Waals surface area contributed by atoms with Crippen molar-refractivity contribution in [3.63, 3.8) is 0 Å². The van der Waals surface area contributed by atoms with Crippen LogP contribution in [0.4, 0.5) is 4.39 Å². The minimum absolute atomic E-state index is 0.130. The van der Waals surface area contributed by atoms with Crippen molar-refractivity contribution in [1.82, 2.24) is 4.90 Å². The fourth-order valence-electron chi connectivity index (χ4n) is 4.91. The van der Waals surface area contributed by atoms with Gasteiger partial charge >= 0.3 is 0 Å². The van der Waals surface area contributed by atoms with Gasteiger partial charge < -0.3 is 15.7 Å². The lowest BCUT2D eigenvalue weighted by atomic mass is 9.72. The van der Waals surface area contributed by atoms with E-state index in [1.807, 2.05) is 30.3 Å². The minimum atomic E-state index is -1.31. The van der Waals surface area contributed by atoms with E-state index in [2.05, 4.69) is 13.8 Å². The van der Waals surface area contributed by atoms with Crippen molar-refractivity contribution >= 4 is 5.91 Å². The number of amides is 1. The van der Waals surface area contributed by atoms with Crippen LogP contribution in [-0.2, 0) is 16.8 Å². The molecule has 1 heterocycles. The lowest BCUT2D eigenvalue weighted by Gasteiger charge is -2.44. The molecule has 0 aromatic heterocycles. The molecular formula is C27H36FN2O2. The van der Waals surface area contributed by atoms with Gasteiger partial charge in [-0.1, -0.05) is 56.7 Å². The Morgan fingerprint density at radius 1 is 1.28 bits per heavy atom.